The molecule has 2 aromatic carbocycles. The number of carbonyl (C=O) groups excluding carboxylic acids is 3. The second-order valence-corrected chi connectivity index (χ2v) is 6.86. The number of carbonyl (C=O) groups is 3. The Kier molecular flexibility index (Phi) is 7.71. The van der Waals surface area contributed by atoms with Crippen LogP contribution in [-0.4, -0.2) is 46.3 Å². The van der Waals surface area contributed by atoms with E-state index in [9.17, 15) is 14.4 Å². The summed E-state index contributed by atoms with van der Waals surface area (Å²) in [6.07, 6.45) is 6.24. The van der Waals surface area contributed by atoms with Crippen molar-refractivity contribution in [2.75, 3.05) is 38.7 Å². The summed E-state index contributed by atoms with van der Waals surface area (Å²) in [6, 6.07) is 11.8. The van der Waals surface area contributed by atoms with Gasteiger partial charge in [0, 0.05) is 23.9 Å². The van der Waals surface area contributed by atoms with Gasteiger partial charge in [-0.1, -0.05) is 24.3 Å². The highest BCUT2D eigenvalue weighted by atomic mass is 16.5. The van der Waals surface area contributed by atoms with Crippen LogP contribution in [0.15, 0.2) is 78.2 Å². The molecule has 0 unspecified atom stereocenters. The lowest BCUT2D eigenvalue weighted by atomic mass is 10.1. The molecule has 1 N–H and O–H groups in total. The molecule has 0 saturated carbocycles. The smallest absolute Gasteiger partial charge is 0.355 e. The second kappa shape index (κ2) is 10.9. The van der Waals surface area contributed by atoms with E-state index in [0.717, 1.165) is 0 Å². The third kappa shape index (κ3) is 4.93. The van der Waals surface area contributed by atoms with Crippen molar-refractivity contribution in [3.63, 3.8) is 0 Å². The predicted octanol–water partition coefficient (Wildman–Crippen LogP) is 3.45. The van der Waals surface area contributed by atoms with Crippen molar-refractivity contribution in [2.45, 2.75) is 0 Å². The third-order valence-electron chi connectivity index (χ3n) is 4.93. The van der Waals surface area contributed by atoms with E-state index in [1.165, 1.54) is 39.4 Å². The van der Waals surface area contributed by atoms with Gasteiger partial charge in [-0.05, 0) is 24.3 Å². The molecule has 0 radical (unpaired) electrons. The van der Waals surface area contributed by atoms with Crippen LogP contribution in [0.5, 0.6) is 11.5 Å². The molecule has 0 atom stereocenters. The van der Waals surface area contributed by atoms with Gasteiger partial charge in [0.15, 0.2) is 0 Å². The van der Waals surface area contributed by atoms with E-state index in [1.807, 2.05) is 6.07 Å². The molecule has 0 bridgehead atoms. The molecule has 9 heteroatoms. The maximum Gasteiger partial charge on any atom is 0.355 e. The minimum Gasteiger partial charge on any atom is -0.494 e. The van der Waals surface area contributed by atoms with E-state index in [1.54, 1.807) is 54.8 Å². The van der Waals surface area contributed by atoms with E-state index in [-0.39, 0.29) is 17.2 Å². The summed E-state index contributed by atoms with van der Waals surface area (Å²) in [7, 11) is 5.31. The Hall–Kier alpha value is -4.53. The topological polar surface area (TPSA) is 103 Å². The van der Waals surface area contributed by atoms with Crippen LogP contribution in [0.25, 0.3) is 0 Å². The van der Waals surface area contributed by atoms with E-state index >= 15 is 0 Å². The van der Waals surface area contributed by atoms with Crippen molar-refractivity contribution in [1.29, 1.82) is 0 Å². The molecule has 0 aliphatic carbocycles. The fraction of sp³-hybridized carbons (Fsp3) is 0.160. The van der Waals surface area contributed by atoms with Gasteiger partial charge in [0.1, 0.15) is 17.2 Å². The molecule has 0 fully saturated rings. The number of nitrogens with one attached hydrogen (secondary N) is 1. The van der Waals surface area contributed by atoms with Gasteiger partial charge in [-0.25, -0.2) is 9.59 Å². The number of allylic oxidation sites excluding steroid dienone is 2. The fourth-order valence-corrected chi connectivity index (χ4v) is 3.30. The molecule has 1 aliphatic heterocycles. The van der Waals surface area contributed by atoms with Gasteiger partial charge in [-0.3, -0.25) is 4.79 Å². The normalized spacial score (nSPS) is 12.6. The van der Waals surface area contributed by atoms with Gasteiger partial charge >= 0.3 is 11.9 Å². The van der Waals surface area contributed by atoms with Crippen molar-refractivity contribution >= 4 is 29.2 Å². The van der Waals surface area contributed by atoms with Crippen LogP contribution in [0.2, 0.25) is 0 Å². The Bertz CT molecular complexity index is 1180. The summed E-state index contributed by atoms with van der Waals surface area (Å²) in [5.74, 6) is -1.23. The molecule has 0 spiro atoms. The van der Waals surface area contributed by atoms with E-state index in [2.05, 4.69) is 5.32 Å². The molecule has 2 aromatic rings. The standard InChI is InChI=1S/C25H24N2O7/c1-31-20-15-19(21(32-2)14-18(20)26-23(28)16-10-6-5-7-11-16)27-13-9-8-12-17(24(29)33-3)22(27)25(30)34-4/h5-15H,1-4H3,(H,26,28). The Balaban J connectivity index is 2.13. The molecule has 34 heavy (non-hydrogen) atoms. The van der Waals surface area contributed by atoms with Crippen molar-refractivity contribution < 1.29 is 33.3 Å². The summed E-state index contributed by atoms with van der Waals surface area (Å²) in [5.41, 5.74) is 1.08. The Morgan fingerprint density at radius 2 is 1.50 bits per heavy atom. The van der Waals surface area contributed by atoms with E-state index in [4.69, 9.17) is 18.9 Å². The van der Waals surface area contributed by atoms with E-state index in [0.29, 0.717) is 28.4 Å². The van der Waals surface area contributed by atoms with Crippen LogP contribution in [0.4, 0.5) is 11.4 Å². The molecule has 3 rings (SSSR count). The zero-order valence-corrected chi connectivity index (χ0v) is 19.2. The quantitative estimate of drug-likeness (QED) is 0.622. The fourth-order valence-electron chi connectivity index (χ4n) is 3.30. The summed E-state index contributed by atoms with van der Waals surface area (Å²) >= 11 is 0. The number of nitrogens with zero attached hydrogens (tertiary/aromatic N) is 1. The lowest BCUT2D eigenvalue weighted by Gasteiger charge is -2.26. The largest absolute Gasteiger partial charge is 0.494 e. The molecule has 0 aromatic heterocycles. The first-order valence-corrected chi connectivity index (χ1v) is 10.1. The van der Waals surface area contributed by atoms with Crippen molar-refractivity contribution in [3.8, 4) is 11.5 Å². The molecular weight excluding hydrogens is 440 g/mol. The number of ether oxygens (including phenoxy) is 4. The van der Waals surface area contributed by atoms with Crippen molar-refractivity contribution in [1.82, 2.24) is 0 Å². The van der Waals surface area contributed by atoms with Gasteiger partial charge in [-0.2, -0.15) is 0 Å². The third-order valence-corrected chi connectivity index (χ3v) is 4.93. The highest BCUT2D eigenvalue weighted by molar-refractivity contribution is 6.07. The Morgan fingerprint density at radius 1 is 0.824 bits per heavy atom. The average molecular weight is 464 g/mol. The number of esters is 2. The minimum absolute atomic E-state index is 0.0122. The number of amides is 1. The first kappa shape index (κ1) is 24.1. The molecule has 1 amide bonds. The molecular formula is C25H24N2O7. The summed E-state index contributed by atoms with van der Waals surface area (Å²) in [4.78, 5) is 39.3. The zero-order valence-electron chi connectivity index (χ0n) is 19.2. The average Bonchev–Trinajstić information content (AvgIpc) is 3.11. The molecule has 176 valence electrons. The van der Waals surface area contributed by atoms with Crippen LogP contribution in [0.1, 0.15) is 10.4 Å². The summed E-state index contributed by atoms with van der Waals surface area (Å²) < 4.78 is 20.8. The monoisotopic (exact) mass is 464 g/mol. The summed E-state index contributed by atoms with van der Waals surface area (Å²) in [5, 5.41) is 2.81. The zero-order chi connectivity index (χ0) is 24.7. The molecule has 1 heterocycles. The molecule has 1 aliphatic rings. The highest BCUT2D eigenvalue weighted by Crippen LogP contribution is 2.41. The first-order chi connectivity index (χ1) is 16.4. The van der Waals surface area contributed by atoms with Crippen LogP contribution in [0, 0.1) is 0 Å². The van der Waals surface area contributed by atoms with Crippen molar-refractivity contribution in [2.24, 2.45) is 0 Å². The number of anilines is 2. The van der Waals surface area contributed by atoms with E-state index < -0.39 is 11.9 Å². The lowest BCUT2D eigenvalue weighted by molar-refractivity contribution is -0.139. The Morgan fingerprint density at radius 3 is 2.12 bits per heavy atom. The van der Waals surface area contributed by atoms with Gasteiger partial charge in [-0.15, -0.1) is 0 Å². The predicted molar refractivity (Wildman–Crippen MR) is 126 cm³/mol. The lowest BCUT2D eigenvalue weighted by Crippen LogP contribution is -2.27. The number of methoxy groups -OCH3 is 4. The molecule has 0 saturated heterocycles. The van der Waals surface area contributed by atoms with Gasteiger partial charge in [0.2, 0.25) is 0 Å². The minimum atomic E-state index is -0.765. The van der Waals surface area contributed by atoms with Gasteiger partial charge in [0.05, 0.1) is 45.4 Å². The maximum absolute atomic E-state index is 12.7. The second-order valence-electron chi connectivity index (χ2n) is 6.86. The van der Waals surface area contributed by atoms with Crippen LogP contribution in [-0.2, 0) is 19.1 Å². The number of hydrogen-bond acceptors (Lipinski definition) is 8. The van der Waals surface area contributed by atoms with Crippen LogP contribution >= 0.6 is 0 Å². The van der Waals surface area contributed by atoms with Gasteiger partial charge in [0.25, 0.3) is 5.91 Å². The maximum atomic E-state index is 12.7. The number of rotatable bonds is 7. The van der Waals surface area contributed by atoms with Crippen LogP contribution in [0.3, 0.4) is 0 Å². The number of benzene rings is 2. The number of hydrogen-bond donors (Lipinski definition) is 1. The molecule has 9 nitrogen and oxygen atoms in total. The van der Waals surface area contributed by atoms with Crippen LogP contribution < -0.4 is 19.7 Å². The summed E-state index contributed by atoms with van der Waals surface area (Å²) in [6.45, 7) is 0. The Labute approximate surface area is 196 Å². The van der Waals surface area contributed by atoms with Crippen molar-refractivity contribution in [3.05, 3.63) is 83.7 Å². The first-order valence-electron chi connectivity index (χ1n) is 10.1. The SMILES string of the molecule is COC(=O)C1=C(C(=O)OC)N(c2cc(OC)c(NC(=O)c3ccccc3)cc2OC)C=CC=C1. The highest BCUT2D eigenvalue weighted by Gasteiger charge is 2.30. The van der Waals surface area contributed by atoms with Gasteiger partial charge < -0.3 is 29.2 Å².